The van der Waals surface area contributed by atoms with Crippen molar-refractivity contribution in [2.45, 2.75) is 72.1 Å². The Balaban J connectivity index is 3.16. The zero-order valence-corrected chi connectivity index (χ0v) is 20.6. The summed E-state index contributed by atoms with van der Waals surface area (Å²) in [5, 5.41) is 13.3. The monoisotopic (exact) mass is 421 g/mol. The van der Waals surface area contributed by atoms with E-state index in [1.54, 1.807) is 7.11 Å². The first-order valence-electron chi connectivity index (χ1n) is 10.3. The minimum Gasteiger partial charge on any atom is -0.497 e. The van der Waals surface area contributed by atoms with Crippen LogP contribution < -0.4 is 10.1 Å². The van der Waals surface area contributed by atoms with Gasteiger partial charge in [-0.25, -0.2) is 4.79 Å². The molecule has 0 bridgehead atoms. The largest absolute Gasteiger partial charge is 0.497 e. The predicted molar refractivity (Wildman–Crippen MR) is 123 cm³/mol. The van der Waals surface area contributed by atoms with Crippen LogP contribution in [0.4, 0.5) is 5.69 Å². The molecule has 0 aliphatic rings. The third-order valence-corrected chi connectivity index (χ3v) is 10.5. The van der Waals surface area contributed by atoms with Crippen molar-refractivity contribution in [3.63, 3.8) is 0 Å². The number of rotatable bonds is 10. The van der Waals surface area contributed by atoms with Gasteiger partial charge >= 0.3 is 5.97 Å². The SMILES string of the molecule is CCC(C(=O)O)=C(C)[C@@H](Nc1ccc(OC)cc1)[C@@H](C)CO[Si](C)(C)C(C)(C)C. The van der Waals surface area contributed by atoms with E-state index in [2.05, 4.69) is 46.1 Å². The van der Waals surface area contributed by atoms with Crippen LogP contribution >= 0.6 is 0 Å². The van der Waals surface area contributed by atoms with Gasteiger partial charge in [-0.15, -0.1) is 0 Å². The van der Waals surface area contributed by atoms with E-state index in [9.17, 15) is 9.90 Å². The van der Waals surface area contributed by atoms with Crippen molar-refractivity contribution in [3.05, 3.63) is 35.4 Å². The predicted octanol–water partition coefficient (Wildman–Crippen LogP) is 5.94. The molecule has 0 unspecified atom stereocenters. The Morgan fingerprint density at radius 3 is 2.17 bits per heavy atom. The molecule has 0 saturated heterocycles. The summed E-state index contributed by atoms with van der Waals surface area (Å²) < 4.78 is 11.7. The smallest absolute Gasteiger partial charge is 0.331 e. The molecule has 0 amide bonds. The van der Waals surface area contributed by atoms with Gasteiger partial charge in [0.2, 0.25) is 0 Å². The maximum absolute atomic E-state index is 11.8. The summed E-state index contributed by atoms with van der Waals surface area (Å²) in [4.78, 5) is 11.8. The van der Waals surface area contributed by atoms with Gasteiger partial charge in [0.05, 0.1) is 13.2 Å². The summed E-state index contributed by atoms with van der Waals surface area (Å²) >= 11 is 0. The van der Waals surface area contributed by atoms with Crippen LogP contribution in [0.3, 0.4) is 0 Å². The number of carboxylic acid groups (broad SMARTS) is 1. The van der Waals surface area contributed by atoms with E-state index in [1.165, 1.54) is 0 Å². The van der Waals surface area contributed by atoms with Crippen LogP contribution in [0.25, 0.3) is 0 Å². The van der Waals surface area contributed by atoms with Crippen LogP contribution in [0.1, 0.15) is 48.0 Å². The molecule has 2 N–H and O–H groups in total. The highest BCUT2D eigenvalue weighted by Gasteiger charge is 2.38. The topological polar surface area (TPSA) is 67.8 Å². The lowest BCUT2D eigenvalue weighted by molar-refractivity contribution is -0.132. The van der Waals surface area contributed by atoms with Crippen molar-refractivity contribution in [1.29, 1.82) is 0 Å². The van der Waals surface area contributed by atoms with Crippen molar-refractivity contribution in [3.8, 4) is 5.75 Å². The number of anilines is 1. The van der Waals surface area contributed by atoms with E-state index in [4.69, 9.17) is 9.16 Å². The van der Waals surface area contributed by atoms with E-state index in [0.29, 0.717) is 18.6 Å². The molecule has 164 valence electrons. The van der Waals surface area contributed by atoms with Crippen molar-refractivity contribution >= 4 is 20.0 Å². The van der Waals surface area contributed by atoms with Gasteiger partial charge in [0.25, 0.3) is 0 Å². The molecule has 0 spiro atoms. The number of ether oxygens (including phenoxy) is 1. The van der Waals surface area contributed by atoms with Gasteiger partial charge in [-0.05, 0) is 61.3 Å². The molecule has 0 heterocycles. The second-order valence-corrected chi connectivity index (χ2v) is 14.0. The summed E-state index contributed by atoms with van der Waals surface area (Å²) in [6, 6.07) is 7.55. The van der Waals surface area contributed by atoms with E-state index in [-0.39, 0.29) is 17.0 Å². The Morgan fingerprint density at radius 1 is 1.21 bits per heavy atom. The Morgan fingerprint density at radius 2 is 1.76 bits per heavy atom. The highest BCUT2D eigenvalue weighted by Crippen LogP contribution is 2.37. The molecule has 0 aromatic heterocycles. The summed E-state index contributed by atoms with van der Waals surface area (Å²) in [6.45, 7) is 17.6. The maximum Gasteiger partial charge on any atom is 0.331 e. The van der Waals surface area contributed by atoms with Crippen LogP contribution in [0.15, 0.2) is 35.4 Å². The number of carbonyl (C=O) groups is 1. The standard InChI is InChI=1S/C23H39NO4Si/c1-10-20(22(25)26)17(3)21(24-18-11-13-19(27-7)14-12-18)16(2)15-28-29(8,9)23(4,5)6/h11-14,16,21,24H,10,15H2,1-9H3,(H,25,26)/t16-,21-/m0/s1. The van der Waals surface area contributed by atoms with Crippen LogP contribution in [-0.4, -0.2) is 39.2 Å². The number of aliphatic carboxylic acids is 1. The third kappa shape index (κ3) is 6.89. The lowest BCUT2D eigenvalue weighted by Crippen LogP contribution is -2.43. The molecule has 0 radical (unpaired) electrons. The molecule has 0 aliphatic carbocycles. The third-order valence-electron chi connectivity index (χ3n) is 6.05. The molecule has 0 fully saturated rings. The maximum atomic E-state index is 11.8. The van der Waals surface area contributed by atoms with Crippen LogP contribution in [-0.2, 0) is 9.22 Å². The number of carboxylic acids is 1. The summed E-state index contributed by atoms with van der Waals surface area (Å²) in [5.41, 5.74) is 2.23. The molecular weight excluding hydrogens is 382 g/mol. The van der Waals surface area contributed by atoms with Gasteiger partial charge < -0.3 is 19.6 Å². The first-order valence-corrected chi connectivity index (χ1v) is 13.2. The van der Waals surface area contributed by atoms with Crippen molar-refractivity contribution in [2.75, 3.05) is 19.0 Å². The van der Waals surface area contributed by atoms with E-state index < -0.39 is 14.3 Å². The van der Waals surface area contributed by atoms with E-state index in [1.807, 2.05) is 38.1 Å². The summed E-state index contributed by atoms with van der Waals surface area (Å²) in [5.74, 6) is 0.0321. The quantitative estimate of drug-likeness (QED) is 0.361. The van der Waals surface area contributed by atoms with Gasteiger partial charge in [-0.2, -0.15) is 0 Å². The Kier molecular flexibility index (Phi) is 8.97. The zero-order chi connectivity index (χ0) is 22.4. The van der Waals surface area contributed by atoms with Crippen molar-refractivity contribution in [1.82, 2.24) is 0 Å². The van der Waals surface area contributed by atoms with Crippen LogP contribution in [0, 0.1) is 5.92 Å². The molecular formula is C23H39NO4Si. The number of nitrogens with one attached hydrogen (secondary N) is 1. The molecule has 0 saturated carbocycles. The number of benzene rings is 1. The van der Waals surface area contributed by atoms with Crippen LogP contribution in [0.2, 0.25) is 18.1 Å². The normalized spacial score (nSPS) is 15.3. The summed E-state index contributed by atoms with van der Waals surface area (Å²) in [7, 11) is -0.249. The van der Waals surface area contributed by atoms with Gasteiger partial charge in [0.15, 0.2) is 8.32 Å². The average Bonchev–Trinajstić information content (AvgIpc) is 2.64. The van der Waals surface area contributed by atoms with Gasteiger partial charge in [0, 0.05) is 23.8 Å². The molecule has 0 aliphatic heterocycles. The van der Waals surface area contributed by atoms with Crippen molar-refractivity contribution < 1.29 is 19.1 Å². The van der Waals surface area contributed by atoms with Crippen LogP contribution in [0.5, 0.6) is 5.75 Å². The Hall–Kier alpha value is -1.79. The molecule has 5 nitrogen and oxygen atoms in total. The molecule has 1 aromatic rings. The fourth-order valence-electron chi connectivity index (χ4n) is 2.98. The van der Waals surface area contributed by atoms with E-state index >= 15 is 0 Å². The lowest BCUT2D eigenvalue weighted by atomic mass is 9.91. The Labute approximate surface area is 177 Å². The van der Waals surface area contributed by atoms with Gasteiger partial charge in [-0.3, -0.25) is 0 Å². The van der Waals surface area contributed by atoms with Gasteiger partial charge in [0.1, 0.15) is 5.75 Å². The molecule has 1 aromatic carbocycles. The number of methoxy groups -OCH3 is 1. The molecule has 29 heavy (non-hydrogen) atoms. The first-order chi connectivity index (χ1) is 13.3. The van der Waals surface area contributed by atoms with E-state index in [0.717, 1.165) is 17.0 Å². The number of hydrogen-bond donors (Lipinski definition) is 2. The first kappa shape index (κ1) is 25.2. The highest BCUT2D eigenvalue weighted by atomic mass is 28.4. The molecule has 1 rings (SSSR count). The Bertz CT molecular complexity index is 705. The fraction of sp³-hybridized carbons (Fsp3) is 0.609. The van der Waals surface area contributed by atoms with Gasteiger partial charge in [-0.1, -0.05) is 34.6 Å². The van der Waals surface area contributed by atoms with Crippen molar-refractivity contribution in [2.24, 2.45) is 5.92 Å². The highest BCUT2D eigenvalue weighted by molar-refractivity contribution is 6.74. The lowest BCUT2D eigenvalue weighted by Gasteiger charge is -2.38. The molecule has 2 atom stereocenters. The second kappa shape index (κ2) is 10.3. The summed E-state index contributed by atoms with van der Waals surface area (Å²) in [6.07, 6.45) is 0.484. The zero-order valence-electron chi connectivity index (χ0n) is 19.6. The minimum absolute atomic E-state index is 0.104. The fourth-order valence-corrected chi connectivity index (χ4v) is 4.10. The number of hydrogen-bond acceptors (Lipinski definition) is 4. The second-order valence-electron chi connectivity index (χ2n) is 9.22. The average molecular weight is 422 g/mol. The molecule has 6 heteroatoms. The minimum atomic E-state index is -1.89.